The number of carbonyl (C=O) groups excluding carboxylic acids is 1. The summed E-state index contributed by atoms with van der Waals surface area (Å²) in [7, 11) is -1.38. The van der Waals surface area contributed by atoms with Crippen molar-refractivity contribution in [2.75, 3.05) is 52.6 Å². The van der Waals surface area contributed by atoms with E-state index in [0.29, 0.717) is 52.2 Å². The largest absolute Gasteiger partial charge is 0.480 e. The zero-order valence-corrected chi connectivity index (χ0v) is 19.8. The Balaban J connectivity index is 2.16. The number of amides is 1. The maximum Gasteiger partial charge on any atom is 0.451 e. The first-order valence-electron chi connectivity index (χ1n) is 11.8. The normalized spacial score (nSPS) is 16.4. The first-order chi connectivity index (χ1) is 16.3. The number of aliphatic carboxylic acids is 1. The topological polar surface area (TPSA) is 203 Å². The molecular weight excluding hydrogens is 447 g/mol. The quantitative estimate of drug-likeness (QED) is 0.0552. The standard InChI is InChI=1S/C20H39BN6O7/c22-20(19(29)30,6-1-2-8-21(31)32)7-12-27-10-3-17(4-11-27)25-18(28)5-13-33-15-16-34-14-9-24-26-23/h17,31-32H,1-16,22H2,(H,25,28)(H,29,30). The van der Waals surface area contributed by atoms with Crippen molar-refractivity contribution in [3.8, 4) is 0 Å². The Morgan fingerprint density at radius 1 is 1.15 bits per heavy atom. The molecule has 194 valence electrons. The van der Waals surface area contributed by atoms with Crippen LogP contribution >= 0.6 is 0 Å². The molecule has 1 unspecified atom stereocenters. The number of ether oxygens (including phenoxy) is 2. The average Bonchev–Trinajstić information content (AvgIpc) is 2.80. The van der Waals surface area contributed by atoms with Crippen LogP contribution in [0.15, 0.2) is 5.11 Å². The smallest absolute Gasteiger partial charge is 0.451 e. The van der Waals surface area contributed by atoms with Crippen LogP contribution in [0.5, 0.6) is 0 Å². The third kappa shape index (κ3) is 13.7. The van der Waals surface area contributed by atoms with E-state index in [4.69, 9.17) is 30.8 Å². The fourth-order valence-corrected chi connectivity index (χ4v) is 3.70. The Morgan fingerprint density at radius 2 is 1.82 bits per heavy atom. The molecule has 14 heteroatoms. The molecule has 6 N–H and O–H groups in total. The molecule has 1 heterocycles. The van der Waals surface area contributed by atoms with E-state index in [0.717, 1.165) is 25.9 Å². The van der Waals surface area contributed by atoms with Gasteiger partial charge >= 0.3 is 13.1 Å². The second kappa shape index (κ2) is 17.5. The van der Waals surface area contributed by atoms with E-state index < -0.39 is 18.6 Å². The number of piperidine rings is 1. The summed E-state index contributed by atoms with van der Waals surface area (Å²) < 4.78 is 10.6. The van der Waals surface area contributed by atoms with Crippen molar-refractivity contribution in [1.29, 1.82) is 0 Å². The summed E-state index contributed by atoms with van der Waals surface area (Å²) in [6, 6.07) is 0.0831. The summed E-state index contributed by atoms with van der Waals surface area (Å²) in [5.41, 5.74) is 12.9. The molecule has 0 aliphatic carbocycles. The second-order valence-electron chi connectivity index (χ2n) is 8.55. The minimum absolute atomic E-state index is 0.0671. The highest BCUT2D eigenvalue weighted by atomic mass is 16.5. The molecule has 0 radical (unpaired) electrons. The van der Waals surface area contributed by atoms with Crippen LogP contribution in [0.3, 0.4) is 0 Å². The number of carbonyl (C=O) groups is 2. The van der Waals surface area contributed by atoms with E-state index in [2.05, 4.69) is 20.2 Å². The van der Waals surface area contributed by atoms with Gasteiger partial charge in [-0.25, -0.2) is 0 Å². The van der Waals surface area contributed by atoms with Gasteiger partial charge in [-0.15, -0.1) is 0 Å². The molecule has 34 heavy (non-hydrogen) atoms. The summed E-state index contributed by atoms with van der Waals surface area (Å²) >= 11 is 0. The van der Waals surface area contributed by atoms with Gasteiger partial charge in [-0.2, -0.15) is 0 Å². The summed E-state index contributed by atoms with van der Waals surface area (Å²) in [6.45, 7) is 3.72. The van der Waals surface area contributed by atoms with Crippen LogP contribution in [0.4, 0.5) is 0 Å². The lowest BCUT2D eigenvalue weighted by molar-refractivity contribution is -0.144. The number of unbranched alkanes of at least 4 members (excludes halogenated alkanes) is 1. The first-order valence-corrected chi connectivity index (χ1v) is 11.8. The summed E-state index contributed by atoms with van der Waals surface area (Å²) in [4.78, 5) is 28.6. The van der Waals surface area contributed by atoms with E-state index in [1.165, 1.54) is 0 Å². The zero-order valence-electron chi connectivity index (χ0n) is 19.8. The van der Waals surface area contributed by atoms with Gasteiger partial charge in [0.25, 0.3) is 0 Å². The number of rotatable bonds is 19. The van der Waals surface area contributed by atoms with E-state index in [-0.39, 0.29) is 37.7 Å². The molecule has 1 atom stereocenters. The Morgan fingerprint density at radius 3 is 2.44 bits per heavy atom. The van der Waals surface area contributed by atoms with Crippen LogP contribution in [0.2, 0.25) is 6.32 Å². The van der Waals surface area contributed by atoms with Crippen molar-refractivity contribution in [2.45, 2.75) is 62.8 Å². The van der Waals surface area contributed by atoms with Crippen LogP contribution in [-0.4, -0.2) is 103 Å². The molecule has 0 aromatic rings. The van der Waals surface area contributed by atoms with E-state index in [1.54, 1.807) is 0 Å². The highest BCUT2D eigenvalue weighted by Gasteiger charge is 2.34. The number of nitrogens with one attached hydrogen (secondary N) is 1. The third-order valence-corrected chi connectivity index (χ3v) is 5.83. The van der Waals surface area contributed by atoms with Crippen molar-refractivity contribution in [1.82, 2.24) is 10.2 Å². The molecule has 0 aromatic heterocycles. The van der Waals surface area contributed by atoms with Gasteiger partial charge in [0.15, 0.2) is 0 Å². The molecule has 13 nitrogen and oxygen atoms in total. The van der Waals surface area contributed by atoms with Gasteiger partial charge in [0.1, 0.15) is 5.54 Å². The number of nitrogens with zero attached hydrogens (tertiary/aromatic N) is 4. The zero-order chi connectivity index (χ0) is 25.2. The molecule has 0 spiro atoms. The monoisotopic (exact) mass is 486 g/mol. The van der Waals surface area contributed by atoms with Crippen molar-refractivity contribution >= 4 is 19.0 Å². The van der Waals surface area contributed by atoms with Crippen LogP contribution < -0.4 is 11.1 Å². The Hall–Kier alpha value is -1.93. The molecule has 1 rings (SSSR count). The van der Waals surface area contributed by atoms with Crippen molar-refractivity contribution < 1.29 is 34.2 Å². The number of azide groups is 1. The summed E-state index contributed by atoms with van der Waals surface area (Å²) in [6.07, 6.45) is 3.65. The third-order valence-electron chi connectivity index (χ3n) is 5.83. The van der Waals surface area contributed by atoms with Crippen LogP contribution in [0.1, 0.15) is 44.9 Å². The molecule has 1 fully saturated rings. The molecule has 1 amide bonds. The minimum Gasteiger partial charge on any atom is -0.480 e. The second-order valence-corrected chi connectivity index (χ2v) is 8.55. The highest BCUT2D eigenvalue weighted by Crippen LogP contribution is 2.20. The summed E-state index contributed by atoms with van der Waals surface area (Å²) in [5.74, 6) is -1.11. The molecule has 1 saturated heterocycles. The van der Waals surface area contributed by atoms with E-state index in [1.807, 2.05) is 0 Å². The number of hydrogen-bond acceptors (Lipinski definition) is 9. The number of nitrogens with two attached hydrogens (primary N) is 1. The molecule has 1 aliphatic heterocycles. The van der Waals surface area contributed by atoms with Crippen LogP contribution in [-0.2, 0) is 19.1 Å². The number of carboxylic acids is 1. The van der Waals surface area contributed by atoms with Gasteiger partial charge < -0.3 is 40.6 Å². The van der Waals surface area contributed by atoms with Gasteiger partial charge in [-0.1, -0.05) is 18.0 Å². The Labute approximate surface area is 200 Å². The van der Waals surface area contributed by atoms with Crippen molar-refractivity contribution in [3.63, 3.8) is 0 Å². The SMILES string of the molecule is [N-]=[N+]=NCCOCCOCCC(=O)NC1CCN(CCC(N)(CCCCB(O)O)C(=O)O)CC1. The van der Waals surface area contributed by atoms with Crippen LogP contribution in [0, 0.1) is 0 Å². The number of hydrogen-bond donors (Lipinski definition) is 5. The number of likely N-dealkylation sites (tertiary alicyclic amines) is 1. The van der Waals surface area contributed by atoms with Gasteiger partial charge in [-0.3, -0.25) is 9.59 Å². The average molecular weight is 486 g/mol. The molecule has 0 aromatic carbocycles. The maximum absolute atomic E-state index is 12.1. The predicted molar refractivity (Wildman–Crippen MR) is 126 cm³/mol. The van der Waals surface area contributed by atoms with Crippen LogP contribution in [0.25, 0.3) is 10.4 Å². The van der Waals surface area contributed by atoms with Crippen molar-refractivity contribution in [3.05, 3.63) is 10.4 Å². The Kier molecular flexibility index (Phi) is 15.5. The van der Waals surface area contributed by atoms with Gasteiger partial charge in [0, 0.05) is 43.6 Å². The lowest BCUT2D eigenvalue weighted by Crippen LogP contribution is -2.51. The molecular formula is C20H39BN6O7. The van der Waals surface area contributed by atoms with Gasteiger partial charge in [0.05, 0.1) is 26.4 Å². The van der Waals surface area contributed by atoms with Gasteiger partial charge in [0.2, 0.25) is 5.91 Å². The van der Waals surface area contributed by atoms with Gasteiger partial charge in [-0.05, 0) is 37.5 Å². The fraction of sp³-hybridized carbons (Fsp3) is 0.900. The fourth-order valence-electron chi connectivity index (χ4n) is 3.70. The van der Waals surface area contributed by atoms with Crippen molar-refractivity contribution in [2.24, 2.45) is 10.8 Å². The van der Waals surface area contributed by atoms with E-state index >= 15 is 0 Å². The van der Waals surface area contributed by atoms with E-state index in [9.17, 15) is 14.7 Å². The molecule has 0 saturated carbocycles. The highest BCUT2D eigenvalue weighted by molar-refractivity contribution is 6.40. The number of carboxylic acid groups (broad SMARTS) is 1. The lowest BCUT2D eigenvalue weighted by atomic mass is 9.81. The molecule has 1 aliphatic rings. The minimum atomic E-state index is -1.38. The predicted octanol–water partition coefficient (Wildman–Crippen LogP) is 0.116. The molecule has 0 bridgehead atoms. The summed E-state index contributed by atoms with van der Waals surface area (Å²) in [5, 5.41) is 33.7. The Bertz CT molecular complexity index is 645. The lowest BCUT2D eigenvalue weighted by Gasteiger charge is -2.34. The maximum atomic E-state index is 12.1. The first kappa shape index (κ1) is 30.1.